The van der Waals surface area contributed by atoms with Gasteiger partial charge in [0.05, 0.1) is 23.4 Å². The summed E-state index contributed by atoms with van der Waals surface area (Å²) < 4.78 is 21.7. The Bertz CT molecular complexity index is 1320. The number of nitrogens with one attached hydrogen (secondary N) is 1. The van der Waals surface area contributed by atoms with Crippen molar-refractivity contribution in [3.05, 3.63) is 99.9 Å². The number of carbonyl (C=O) groups excluding carboxylic acids is 1. The molecule has 0 saturated carbocycles. The first-order chi connectivity index (χ1) is 15.9. The molecule has 1 N–H and O–H groups in total. The molecule has 0 aliphatic heterocycles. The van der Waals surface area contributed by atoms with Crippen molar-refractivity contribution >= 4 is 17.3 Å². The van der Waals surface area contributed by atoms with Crippen molar-refractivity contribution in [1.29, 1.82) is 0 Å². The van der Waals surface area contributed by atoms with Crippen molar-refractivity contribution in [1.82, 2.24) is 19.6 Å². The molecule has 0 fully saturated rings. The van der Waals surface area contributed by atoms with E-state index < -0.39 is 16.6 Å². The Morgan fingerprint density at radius 1 is 1.21 bits per heavy atom. The lowest BCUT2D eigenvalue weighted by Gasteiger charge is -2.07. The van der Waals surface area contributed by atoms with Crippen LogP contribution in [-0.4, -0.2) is 30.4 Å². The number of carbonyl (C=O) groups is 1. The zero-order valence-electron chi connectivity index (χ0n) is 17.5. The van der Waals surface area contributed by atoms with Crippen LogP contribution >= 0.6 is 0 Å². The van der Waals surface area contributed by atoms with E-state index in [9.17, 15) is 19.3 Å². The van der Waals surface area contributed by atoms with Gasteiger partial charge in [0.2, 0.25) is 5.75 Å². The zero-order chi connectivity index (χ0) is 23.4. The van der Waals surface area contributed by atoms with Gasteiger partial charge in [-0.05, 0) is 24.6 Å². The molecule has 4 aromatic rings. The molecule has 0 spiro atoms. The minimum atomic E-state index is -0.671. The van der Waals surface area contributed by atoms with Crippen LogP contribution in [0.2, 0.25) is 0 Å². The number of aryl methyl sites for hydroxylation is 1. The Hall–Kier alpha value is -4.54. The fourth-order valence-corrected chi connectivity index (χ4v) is 3.15. The summed E-state index contributed by atoms with van der Waals surface area (Å²) in [7, 11) is 0. The molecule has 1 amide bonds. The molecule has 4 rings (SSSR count). The molecule has 33 heavy (non-hydrogen) atoms. The first-order valence-corrected chi connectivity index (χ1v) is 9.87. The molecule has 2 aromatic carbocycles. The normalized spacial score (nSPS) is 10.7. The lowest BCUT2D eigenvalue weighted by molar-refractivity contribution is -0.386. The highest BCUT2D eigenvalue weighted by atomic mass is 19.1. The first kappa shape index (κ1) is 21.7. The van der Waals surface area contributed by atoms with Crippen LogP contribution in [0, 0.1) is 22.9 Å². The maximum Gasteiger partial charge on any atom is 0.311 e. The quantitative estimate of drug-likeness (QED) is 0.323. The smallest absolute Gasteiger partial charge is 0.311 e. The van der Waals surface area contributed by atoms with Crippen molar-refractivity contribution < 1.29 is 18.8 Å². The van der Waals surface area contributed by atoms with Gasteiger partial charge in [0, 0.05) is 24.5 Å². The van der Waals surface area contributed by atoms with Gasteiger partial charge in [0.25, 0.3) is 5.91 Å². The Morgan fingerprint density at radius 2 is 2.06 bits per heavy atom. The average Bonchev–Trinajstić information content (AvgIpc) is 3.42. The van der Waals surface area contributed by atoms with E-state index in [4.69, 9.17) is 4.74 Å². The average molecular weight is 450 g/mol. The van der Waals surface area contributed by atoms with Gasteiger partial charge in [-0.15, -0.1) is 0 Å². The molecular weight excluding hydrogens is 431 g/mol. The highest BCUT2D eigenvalue weighted by Crippen LogP contribution is 2.27. The van der Waals surface area contributed by atoms with E-state index in [2.05, 4.69) is 21.6 Å². The number of anilines is 1. The largest absolute Gasteiger partial charge is 0.464 e. The van der Waals surface area contributed by atoms with Crippen LogP contribution in [0.4, 0.5) is 15.8 Å². The maximum atomic E-state index is 13.4. The van der Waals surface area contributed by atoms with E-state index in [1.165, 1.54) is 23.1 Å². The van der Waals surface area contributed by atoms with Crippen LogP contribution in [0.15, 0.2) is 67.1 Å². The van der Waals surface area contributed by atoms with Gasteiger partial charge < -0.3 is 10.1 Å². The van der Waals surface area contributed by atoms with Crippen LogP contribution in [0.25, 0.3) is 0 Å². The molecule has 2 aromatic heterocycles. The molecule has 0 aliphatic rings. The number of hydrogen-bond donors (Lipinski definition) is 1. The molecular formula is C22H19FN6O4. The third kappa shape index (κ3) is 5.39. The van der Waals surface area contributed by atoms with Gasteiger partial charge in [-0.2, -0.15) is 10.2 Å². The third-order valence-electron chi connectivity index (χ3n) is 4.66. The zero-order valence-corrected chi connectivity index (χ0v) is 17.5. The maximum absolute atomic E-state index is 13.4. The molecule has 168 valence electrons. The van der Waals surface area contributed by atoms with Gasteiger partial charge >= 0.3 is 5.69 Å². The second kappa shape index (κ2) is 9.30. The number of hydrogen-bond acceptors (Lipinski definition) is 6. The number of aromatic nitrogens is 4. The molecule has 0 saturated heterocycles. The lowest BCUT2D eigenvalue weighted by atomic mass is 10.1. The van der Waals surface area contributed by atoms with Gasteiger partial charge in [0.1, 0.15) is 5.82 Å². The summed E-state index contributed by atoms with van der Waals surface area (Å²) in [6, 6.07) is 12.4. The van der Waals surface area contributed by atoms with E-state index in [0.717, 1.165) is 29.3 Å². The minimum absolute atomic E-state index is 0.110. The summed E-state index contributed by atoms with van der Waals surface area (Å²) in [6.07, 6.45) is 4.72. The first-order valence-electron chi connectivity index (χ1n) is 9.87. The summed E-state index contributed by atoms with van der Waals surface area (Å²) in [5.74, 6) is -1.36. The Balaban J connectivity index is 1.36. The van der Waals surface area contributed by atoms with Crippen molar-refractivity contribution in [2.24, 2.45) is 0 Å². The Labute approximate surface area is 187 Å². The summed E-state index contributed by atoms with van der Waals surface area (Å²) in [5, 5.41) is 22.1. The van der Waals surface area contributed by atoms with E-state index in [0.29, 0.717) is 12.2 Å². The second-order valence-electron chi connectivity index (χ2n) is 7.25. The van der Waals surface area contributed by atoms with Gasteiger partial charge in [-0.25, -0.2) is 9.07 Å². The SMILES string of the molecule is Cc1cccc(Cn2cc(NC(=O)c3ccn(COc4cc(F)ccc4[N+](=O)[O-])n3)cn2)c1. The van der Waals surface area contributed by atoms with Crippen LogP contribution in [0.3, 0.4) is 0 Å². The number of nitro benzene ring substituents is 1. The molecule has 0 unspecified atom stereocenters. The number of rotatable bonds is 8. The molecule has 0 atom stereocenters. The monoisotopic (exact) mass is 450 g/mol. The number of benzene rings is 2. The van der Waals surface area contributed by atoms with Crippen LogP contribution in [-0.2, 0) is 13.3 Å². The van der Waals surface area contributed by atoms with Crippen molar-refractivity contribution in [2.45, 2.75) is 20.2 Å². The summed E-state index contributed by atoms with van der Waals surface area (Å²) in [6.45, 7) is 2.34. The molecule has 0 bridgehead atoms. The summed E-state index contributed by atoms with van der Waals surface area (Å²) >= 11 is 0. The summed E-state index contributed by atoms with van der Waals surface area (Å²) in [5.41, 5.74) is 2.49. The molecule has 2 heterocycles. The molecule has 0 aliphatic carbocycles. The minimum Gasteiger partial charge on any atom is -0.464 e. The highest BCUT2D eigenvalue weighted by Gasteiger charge is 2.17. The van der Waals surface area contributed by atoms with Gasteiger partial charge in [0.15, 0.2) is 12.4 Å². The standard InChI is InChI=1S/C22H19FN6O4/c1-15-3-2-4-16(9-15)12-28-13-18(11-24-28)25-22(30)19-7-8-27(26-19)14-33-21-10-17(23)5-6-20(21)29(31)32/h2-11,13H,12,14H2,1H3,(H,25,30). The van der Waals surface area contributed by atoms with Crippen LogP contribution < -0.4 is 10.1 Å². The number of nitro groups is 1. The predicted octanol–water partition coefficient (Wildman–Crippen LogP) is 3.77. The fourth-order valence-electron chi connectivity index (χ4n) is 3.15. The fraction of sp³-hybridized carbons (Fsp3) is 0.136. The molecule has 10 nitrogen and oxygen atoms in total. The van der Waals surface area contributed by atoms with Gasteiger partial charge in [-0.3, -0.25) is 19.6 Å². The van der Waals surface area contributed by atoms with E-state index in [1.54, 1.807) is 10.9 Å². The van der Waals surface area contributed by atoms with E-state index >= 15 is 0 Å². The van der Waals surface area contributed by atoms with Crippen LogP contribution in [0.1, 0.15) is 21.6 Å². The summed E-state index contributed by atoms with van der Waals surface area (Å²) in [4.78, 5) is 22.9. The lowest BCUT2D eigenvalue weighted by Crippen LogP contribution is -2.14. The third-order valence-corrected chi connectivity index (χ3v) is 4.66. The second-order valence-corrected chi connectivity index (χ2v) is 7.25. The highest BCUT2D eigenvalue weighted by molar-refractivity contribution is 6.02. The van der Waals surface area contributed by atoms with Gasteiger partial charge in [-0.1, -0.05) is 29.8 Å². The van der Waals surface area contributed by atoms with Crippen molar-refractivity contribution in [3.63, 3.8) is 0 Å². The van der Waals surface area contributed by atoms with Crippen molar-refractivity contribution in [2.75, 3.05) is 5.32 Å². The molecule has 0 radical (unpaired) electrons. The predicted molar refractivity (Wildman–Crippen MR) is 116 cm³/mol. The Kier molecular flexibility index (Phi) is 6.11. The molecule has 11 heteroatoms. The number of ether oxygens (including phenoxy) is 1. The Morgan fingerprint density at radius 3 is 2.85 bits per heavy atom. The van der Waals surface area contributed by atoms with E-state index in [-0.39, 0.29) is 23.9 Å². The number of halogens is 1. The van der Waals surface area contributed by atoms with E-state index in [1.807, 2.05) is 25.1 Å². The topological polar surface area (TPSA) is 117 Å². The van der Waals surface area contributed by atoms with Crippen molar-refractivity contribution in [3.8, 4) is 5.75 Å². The number of nitrogens with zero attached hydrogens (tertiary/aromatic N) is 5. The van der Waals surface area contributed by atoms with Crippen LogP contribution in [0.5, 0.6) is 5.75 Å². The number of amides is 1.